The zero-order valence-electron chi connectivity index (χ0n) is 9.79. The molecule has 86 valence electrons. The molecule has 0 bridgehead atoms. The van der Waals surface area contributed by atoms with Gasteiger partial charge in [0.25, 0.3) is 0 Å². The van der Waals surface area contributed by atoms with Gasteiger partial charge in [0.1, 0.15) is 0 Å². The van der Waals surface area contributed by atoms with Gasteiger partial charge in [0, 0.05) is 25.2 Å². The summed E-state index contributed by atoms with van der Waals surface area (Å²) >= 11 is 0. The van der Waals surface area contributed by atoms with Gasteiger partial charge >= 0.3 is 0 Å². The lowest BCUT2D eigenvalue weighted by Gasteiger charge is -2.13. The average Bonchev–Trinajstić information content (AvgIpc) is 2.26. The van der Waals surface area contributed by atoms with Gasteiger partial charge in [0.05, 0.1) is 0 Å². The minimum atomic E-state index is -0.0516. The maximum Gasteiger partial charge on any atom is 0.221 e. The van der Waals surface area contributed by atoms with Gasteiger partial charge < -0.3 is 10.6 Å². The molecule has 0 aliphatic rings. The van der Waals surface area contributed by atoms with E-state index in [0.29, 0.717) is 6.54 Å². The Labute approximate surface area is 96.6 Å². The van der Waals surface area contributed by atoms with Crippen molar-refractivity contribution in [2.45, 2.75) is 26.4 Å². The molecular formula is C13H18N2O. The first-order valence-corrected chi connectivity index (χ1v) is 5.35. The second-order valence-electron chi connectivity index (χ2n) is 3.74. The maximum atomic E-state index is 11.0. The summed E-state index contributed by atoms with van der Waals surface area (Å²) in [6.45, 7) is 7.97. The molecule has 0 spiro atoms. The molecule has 2 N–H and O–H groups in total. The Balaban J connectivity index is 2.70. The van der Waals surface area contributed by atoms with Crippen LogP contribution in [0.2, 0.25) is 0 Å². The van der Waals surface area contributed by atoms with Crippen LogP contribution in [-0.4, -0.2) is 11.9 Å². The molecule has 0 saturated heterocycles. The zero-order chi connectivity index (χ0) is 12.0. The number of rotatable bonds is 5. The minimum absolute atomic E-state index is 0.0516. The topological polar surface area (TPSA) is 41.1 Å². The van der Waals surface area contributed by atoms with E-state index in [1.165, 1.54) is 6.92 Å². The lowest BCUT2D eigenvalue weighted by atomic mass is 10.1. The number of carbonyl (C=O) groups is 1. The molecule has 0 aromatic heterocycles. The largest absolute Gasteiger partial charge is 0.326 e. The minimum Gasteiger partial charge on any atom is -0.326 e. The van der Waals surface area contributed by atoms with E-state index in [0.717, 1.165) is 11.3 Å². The molecule has 1 aromatic rings. The van der Waals surface area contributed by atoms with E-state index in [9.17, 15) is 4.79 Å². The molecule has 16 heavy (non-hydrogen) atoms. The number of hydrogen-bond donors (Lipinski definition) is 2. The number of benzene rings is 1. The molecule has 1 rings (SSSR count). The van der Waals surface area contributed by atoms with Crippen LogP contribution in [0.3, 0.4) is 0 Å². The van der Waals surface area contributed by atoms with Crippen LogP contribution in [0.15, 0.2) is 36.9 Å². The molecule has 0 aliphatic carbocycles. The summed E-state index contributed by atoms with van der Waals surface area (Å²) in [7, 11) is 0. The average molecular weight is 218 g/mol. The van der Waals surface area contributed by atoms with Crippen molar-refractivity contribution in [3.05, 3.63) is 42.5 Å². The van der Waals surface area contributed by atoms with Gasteiger partial charge in [-0.25, -0.2) is 0 Å². The number of hydrogen-bond acceptors (Lipinski definition) is 2. The third-order valence-corrected chi connectivity index (χ3v) is 2.30. The van der Waals surface area contributed by atoms with Gasteiger partial charge in [-0.15, -0.1) is 6.58 Å². The van der Waals surface area contributed by atoms with Crippen molar-refractivity contribution in [2.75, 3.05) is 5.32 Å². The van der Waals surface area contributed by atoms with E-state index >= 15 is 0 Å². The van der Waals surface area contributed by atoms with Crippen molar-refractivity contribution in [3.63, 3.8) is 0 Å². The van der Waals surface area contributed by atoms with Crippen LogP contribution in [-0.2, 0) is 11.3 Å². The van der Waals surface area contributed by atoms with Gasteiger partial charge in [-0.05, 0) is 18.6 Å². The van der Waals surface area contributed by atoms with Gasteiger partial charge in [-0.3, -0.25) is 4.79 Å². The number of anilines is 1. The number of carbonyl (C=O) groups excluding carboxylic acids is 1. The molecule has 1 amide bonds. The summed E-state index contributed by atoms with van der Waals surface area (Å²) in [5, 5.41) is 6.10. The molecule has 0 radical (unpaired) electrons. The maximum absolute atomic E-state index is 11.0. The monoisotopic (exact) mass is 218 g/mol. The zero-order valence-corrected chi connectivity index (χ0v) is 9.79. The summed E-state index contributed by atoms with van der Waals surface area (Å²) in [4.78, 5) is 11.0. The van der Waals surface area contributed by atoms with Crippen molar-refractivity contribution in [3.8, 4) is 0 Å². The number of amides is 1. The van der Waals surface area contributed by atoms with Crippen molar-refractivity contribution in [1.29, 1.82) is 0 Å². The van der Waals surface area contributed by atoms with Crippen LogP contribution >= 0.6 is 0 Å². The van der Waals surface area contributed by atoms with Gasteiger partial charge in [0.2, 0.25) is 5.91 Å². The Hall–Kier alpha value is -1.61. The van der Waals surface area contributed by atoms with Crippen molar-refractivity contribution in [2.24, 2.45) is 0 Å². The lowest BCUT2D eigenvalue weighted by molar-refractivity contribution is -0.114. The Morgan fingerprint density at radius 3 is 2.81 bits per heavy atom. The van der Waals surface area contributed by atoms with Crippen LogP contribution in [0.4, 0.5) is 5.69 Å². The third kappa shape index (κ3) is 3.87. The molecule has 1 atom stereocenters. The van der Waals surface area contributed by atoms with E-state index in [2.05, 4.69) is 17.2 Å². The molecule has 1 unspecified atom stereocenters. The Kier molecular flexibility index (Phi) is 4.73. The highest BCUT2D eigenvalue weighted by atomic mass is 16.1. The van der Waals surface area contributed by atoms with Crippen LogP contribution < -0.4 is 10.6 Å². The quantitative estimate of drug-likeness (QED) is 0.745. The van der Waals surface area contributed by atoms with E-state index in [4.69, 9.17) is 0 Å². The van der Waals surface area contributed by atoms with E-state index in [1.807, 2.05) is 37.3 Å². The fourth-order valence-corrected chi connectivity index (χ4v) is 1.34. The van der Waals surface area contributed by atoms with Gasteiger partial charge in [-0.1, -0.05) is 24.3 Å². The smallest absolute Gasteiger partial charge is 0.221 e. The highest BCUT2D eigenvalue weighted by Gasteiger charge is 2.03. The van der Waals surface area contributed by atoms with E-state index < -0.39 is 0 Å². The standard InChI is InChI=1S/C13H18N2O/c1-4-10(2)14-9-12-7-5-6-8-13(12)15-11(3)16/h4-8,10,14H,1,9H2,2-3H3,(H,15,16). The van der Waals surface area contributed by atoms with Crippen LogP contribution in [0, 0.1) is 0 Å². The van der Waals surface area contributed by atoms with Crippen LogP contribution in [0.25, 0.3) is 0 Å². The van der Waals surface area contributed by atoms with Crippen molar-refractivity contribution in [1.82, 2.24) is 5.32 Å². The second-order valence-corrected chi connectivity index (χ2v) is 3.74. The molecule has 0 heterocycles. The first-order chi connectivity index (χ1) is 7.63. The molecule has 3 heteroatoms. The molecule has 0 fully saturated rings. The first kappa shape index (κ1) is 12.5. The van der Waals surface area contributed by atoms with Gasteiger partial charge in [-0.2, -0.15) is 0 Å². The normalized spacial score (nSPS) is 11.9. The highest BCUT2D eigenvalue weighted by molar-refractivity contribution is 5.89. The fourth-order valence-electron chi connectivity index (χ4n) is 1.34. The SMILES string of the molecule is C=CC(C)NCc1ccccc1NC(C)=O. The molecule has 0 saturated carbocycles. The number of para-hydroxylation sites is 1. The van der Waals surface area contributed by atoms with Crippen molar-refractivity contribution < 1.29 is 4.79 Å². The molecule has 0 aliphatic heterocycles. The Morgan fingerprint density at radius 1 is 1.50 bits per heavy atom. The van der Waals surface area contributed by atoms with Gasteiger partial charge in [0.15, 0.2) is 0 Å². The molecular weight excluding hydrogens is 200 g/mol. The Morgan fingerprint density at radius 2 is 2.19 bits per heavy atom. The lowest BCUT2D eigenvalue weighted by Crippen LogP contribution is -2.23. The summed E-state index contributed by atoms with van der Waals surface area (Å²) in [6.07, 6.45) is 1.85. The van der Waals surface area contributed by atoms with E-state index in [-0.39, 0.29) is 11.9 Å². The summed E-state index contributed by atoms with van der Waals surface area (Å²) in [5.41, 5.74) is 1.94. The van der Waals surface area contributed by atoms with Crippen LogP contribution in [0.5, 0.6) is 0 Å². The summed E-state index contributed by atoms with van der Waals surface area (Å²) in [6, 6.07) is 8.02. The van der Waals surface area contributed by atoms with Crippen LogP contribution in [0.1, 0.15) is 19.4 Å². The first-order valence-electron chi connectivity index (χ1n) is 5.35. The number of nitrogens with one attached hydrogen (secondary N) is 2. The fraction of sp³-hybridized carbons (Fsp3) is 0.308. The third-order valence-electron chi connectivity index (χ3n) is 2.30. The summed E-state index contributed by atoms with van der Waals surface area (Å²) < 4.78 is 0. The second kappa shape index (κ2) is 6.08. The van der Waals surface area contributed by atoms with Crippen molar-refractivity contribution >= 4 is 11.6 Å². The molecule has 3 nitrogen and oxygen atoms in total. The highest BCUT2D eigenvalue weighted by Crippen LogP contribution is 2.14. The van der Waals surface area contributed by atoms with E-state index in [1.54, 1.807) is 0 Å². The predicted octanol–water partition coefficient (Wildman–Crippen LogP) is 2.31. The Bertz CT molecular complexity index is 374. The molecule has 1 aromatic carbocycles. The summed E-state index contributed by atoms with van der Waals surface area (Å²) in [5.74, 6) is -0.0516. The predicted molar refractivity (Wildman–Crippen MR) is 67.2 cm³/mol.